The van der Waals surface area contributed by atoms with Gasteiger partial charge in [-0.3, -0.25) is 4.79 Å². The lowest BCUT2D eigenvalue weighted by Crippen LogP contribution is -2.18. The molecule has 0 radical (unpaired) electrons. The summed E-state index contributed by atoms with van der Waals surface area (Å²) in [6, 6.07) is 0. The van der Waals surface area contributed by atoms with E-state index in [-0.39, 0.29) is 25.0 Å². The molecule has 0 saturated heterocycles. The lowest BCUT2D eigenvalue weighted by Gasteiger charge is -2.13. The number of nitrogens with zero attached hydrogens (tertiary/aromatic N) is 1. The minimum Gasteiger partial charge on any atom is -0.463 e. The van der Waals surface area contributed by atoms with Gasteiger partial charge >= 0.3 is 11.9 Å². The second kappa shape index (κ2) is 6.65. The van der Waals surface area contributed by atoms with Crippen LogP contribution in [0.25, 0.3) is 0 Å². The van der Waals surface area contributed by atoms with Crippen molar-refractivity contribution >= 4 is 23.3 Å². The fraction of sp³-hybridized carbons (Fsp3) is 0.615. The van der Waals surface area contributed by atoms with E-state index in [9.17, 15) is 9.59 Å². The summed E-state index contributed by atoms with van der Waals surface area (Å²) in [6.07, 6.45) is 0.0754. The first-order valence-corrected chi connectivity index (χ1v) is 6.97. The van der Waals surface area contributed by atoms with Crippen molar-refractivity contribution in [3.05, 3.63) is 16.1 Å². The van der Waals surface area contributed by atoms with Crippen molar-refractivity contribution in [3.63, 3.8) is 0 Å². The van der Waals surface area contributed by atoms with Crippen LogP contribution in [0.5, 0.6) is 0 Å². The molecule has 1 aromatic heterocycles. The maximum absolute atomic E-state index is 11.5. The number of aromatic nitrogens is 1. The van der Waals surface area contributed by atoms with Crippen LogP contribution in [0.1, 0.15) is 38.4 Å². The lowest BCUT2D eigenvalue weighted by atomic mass is 9.98. The fourth-order valence-corrected chi connectivity index (χ4v) is 2.18. The molecule has 0 saturated carbocycles. The number of carbonyl (C=O) groups excluding carboxylic acids is 2. The maximum Gasteiger partial charge on any atom is 0.344 e. The summed E-state index contributed by atoms with van der Waals surface area (Å²) in [4.78, 5) is 26.9. The Balaban J connectivity index is 2.45. The maximum atomic E-state index is 11.5. The molecule has 19 heavy (non-hydrogen) atoms. The highest BCUT2D eigenvalue weighted by Gasteiger charge is 2.19. The largest absolute Gasteiger partial charge is 0.463 e. The van der Waals surface area contributed by atoms with Crippen LogP contribution in [0, 0.1) is 0 Å². The molecule has 0 aromatic carbocycles. The zero-order valence-corrected chi connectivity index (χ0v) is 12.5. The lowest BCUT2D eigenvalue weighted by molar-refractivity contribution is -0.158. The molecular weight excluding hydrogens is 266 g/mol. The summed E-state index contributed by atoms with van der Waals surface area (Å²) < 4.78 is 9.47. The van der Waals surface area contributed by atoms with Crippen molar-refractivity contribution in [2.45, 2.75) is 39.5 Å². The van der Waals surface area contributed by atoms with Gasteiger partial charge in [0.05, 0.1) is 23.7 Å². The summed E-state index contributed by atoms with van der Waals surface area (Å²) in [5.74, 6) is -1.01. The van der Waals surface area contributed by atoms with Crippen LogP contribution in [0.4, 0.5) is 0 Å². The number of rotatable bonds is 5. The van der Waals surface area contributed by atoms with E-state index in [1.807, 2.05) is 5.38 Å². The molecule has 6 heteroatoms. The second-order valence-electron chi connectivity index (χ2n) is 5.04. The molecule has 1 rings (SSSR count). The van der Waals surface area contributed by atoms with E-state index in [2.05, 4.69) is 30.5 Å². The Kier molecular flexibility index (Phi) is 5.47. The Morgan fingerprint density at radius 3 is 2.47 bits per heavy atom. The number of hydrogen-bond acceptors (Lipinski definition) is 6. The van der Waals surface area contributed by atoms with Gasteiger partial charge in [0.15, 0.2) is 6.61 Å². The third kappa shape index (κ3) is 5.38. The van der Waals surface area contributed by atoms with Crippen molar-refractivity contribution in [1.29, 1.82) is 0 Å². The van der Waals surface area contributed by atoms with Gasteiger partial charge in [0, 0.05) is 10.8 Å². The number of hydrogen-bond donors (Lipinski definition) is 0. The van der Waals surface area contributed by atoms with Crippen LogP contribution in [0.3, 0.4) is 0 Å². The normalized spacial score (nSPS) is 11.2. The molecular formula is C13H19NO4S. The standard InChI is InChI=1S/C13H19NO4S/c1-5-17-11(16)7-18-10(15)6-9-8-19-12(14-9)13(2,3)4/h8H,5-7H2,1-4H3. The summed E-state index contributed by atoms with van der Waals surface area (Å²) in [5, 5.41) is 2.81. The average Bonchev–Trinajstić information content (AvgIpc) is 2.75. The third-order valence-electron chi connectivity index (χ3n) is 2.18. The van der Waals surface area contributed by atoms with E-state index in [1.54, 1.807) is 6.92 Å². The topological polar surface area (TPSA) is 65.5 Å². The van der Waals surface area contributed by atoms with Crippen molar-refractivity contribution < 1.29 is 19.1 Å². The van der Waals surface area contributed by atoms with Crippen molar-refractivity contribution in [2.24, 2.45) is 0 Å². The molecule has 0 aliphatic heterocycles. The van der Waals surface area contributed by atoms with Gasteiger partial charge in [0.25, 0.3) is 0 Å². The van der Waals surface area contributed by atoms with E-state index in [1.165, 1.54) is 11.3 Å². The van der Waals surface area contributed by atoms with Crippen molar-refractivity contribution in [2.75, 3.05) is 13.2 Å². The highest BCUT2D eigenvalue weighted by atomic mass is 32.1. The van der Waals surface area contributed by atoms with Crippen LogP contribution in [0.15, 0.2) is 5.38 Å². The molecule has 1 aromatic rings. The Morgan fingerprint density at radius 1 is 1.26 bits per heavy atom. The molecule has 0 N–H and O–H groups in total. The summed E-state index contributed by atoms with van der Waals surface area (Å²) in [5.41, 5.74) is 0.640. The molecule has 0 bridgehead atoms. The Hall–Kier alpha value is -1.43. The minimum absolute atomic E-state index is 0.0300. The van der Waals surface area contributed by atoms with Gasteiger partial charge in [-0.25, -0.2) is 9.78 Å². The van der Waals surface area contributed by atoms with Gasteiger partial charge in [-0.2, -0.15) is 0 Å². The van der Waals surface area contributed by atoms with Crippen LogP contribution in [0.2, 0.25) is 0 Å². The Bertz CT molecular complexity index is 448. The molecule has 0 spiro atoms. The van der Waals surface area contributed by atoms with Crippen LogP contribution < -0.4 is 0 Å². The number of ether oxygens (including phenoxy) is 2. The van der Waals surface area contributed by atoms with E-state index in [0.717, 1.165) is 5.01 Å². The van der Waals surface area contributed by atoms with E-state index in [4.69, 9.17) is 4.74 Å². The first kappa shape index (κ1) is 15.6. The van der Waals surface area contributed by atoms with Crippen LogP contribution in [-0.2, 0) is 30.9 Å². The second-order valence-corrected chi connectivity index (χ2v) is 5.89. The molecule has 0 fully saturated rings. The smallest absolute Gasteiger partial charge is 0.344 e. The average molecular weight is 285 g/mol. The highest BCUT2D eigenvalue weighted by Crippen LogP contribution is 2.25. The summed E-state index contributed by atoms with van der Waals surface area (Å²) in [6.45, 7) is 7.82. The van der Waals surface area contributed by atoms with Crippen LogP contribution >= 0.6 is 11.3 Å². The zero-order valence-electron chi connectivity index (χ0n) is 11.7. The minimum atomic E-state index is -0.537. The van der Waals surface area contributed by atoms with Gasteiger partial charge in [0.1, 0.15) is 0 Å². The molecule has 0 unspecified atom stereocenters. The molecule has 0 aliphatic carbocycles. The van der Waals surface area contributed by atoms with Crippen LogP contribution in [-0.4, -0.2) is 30.1 Å². The molecule has 0 aliphatic rings. The summed E-state index contributed by atoms with van der Waals surface area (Å²) >= 11 is 1.52. The molecule has 106 valence electrons. The number of esters is 2. The first-order chi connectivity index (χ1) is 8.82. The predicted octanol–water partition coefficient (Wildman–Crippen LogP) is 2.09. The number of thiazole rings is 1. The first-order valence-electron chi connectivity index (χ1n) is 6.09. The highest BCUT2D eigenvalue weighted by molar-refractivity contribution is 7.09. The van der Waals surface area contributed by atoms with E-state index < -0.39 is 11.9 Å². The third-order valence-corrected chi connectivity index (χ3v) is 3.49. The summed E-state index contributed by atoms with van der Waals surface area (Å²) in [7, 11) is 0. The van der Waals surface area contributed by atoms with Crippen molar-refractivity contribution in [3.8, 4) is 0 Å². The number of carbonyl (C=O) groups is 2. The van der Waals surface area contributed by atoms with Crippen molar-refractivity contribution in [1.82, 2.24) is 4.98 Å². The molecule has 0 atom stereocenters. The monoisotopic (exact) mass is 285 g/mol. The Labute approximate surface area is 116 Å². The van der Waals surface area contributed by atoms with E-state index >= 15 is 0 Å². The van der Waals surface area contributed by atoms with Gasteiger partial charge in [-0.1, -0.05) is 20.8 Å². The predicted molar refractivity (Wildman–Crippen MR) is 72.1 cm³/mol. The zero-order chi connectivity index (χ0) is 14.5. The molecule has 5 nitrogen and oxygen atoms in total. The molecule has 1 heterocycles. The fourth-order valence-electron chi connectivity index (χ4n) is 1.27. The Morgan fingerprint density at radius 2 is 1.95 bits per heavy atom. The van der Waals surface area contributed by atoms with Gasteiger partial charge in [0.2, 0.25) is 0 Å². The molecule has 0 amide bonds. The van der Waals surface area contributed by atoms with Gasteiger partial charge < -0.3 is 9.47 Å². The van der Waals surface area contributed by atoms with Gasteiger partial charge in [-0.15, -0.1) is 11.3 Å². The SMILES string of the molecule is CCOC(=O)COC(=O)Cc1csc(C(C)(C)C)n1. The van der Waals surface area contributed by atoms with E-state index in [0.29, 0.717) is 5.69 Å². The van der Waals surface area contributed by atoms with Gasteiger partial charge in [-0.05, 0) is 6.92 Å². The quantitative estimate of drug-likeness (QED) is 0.775.